The number of hydrogen-bond donors (Lipinski definition) is 1. The molecule has 0 radical (unpaired) electrons. The van der Waals surface area contributed by atoms with Crippen molar-refractivity contribution >= 4 is 5.82 Å². The Morgan fingerprint density at radius 2 is 2.05 bits per heavy atom. The standard InChI is InChI=1S/C14H21N5/c1-12-9-13(11-15)10-14(17-12)16-3-4-19-7-5-18(2)6-8-19/h9-10H,3-8H2,1-2H3,(H,16,17). The van der Waals surface area contributed by atoms with Crippen LogP contribution < -0.4 is 5.32 Å². The topological polar surface area (TPSA) is 55.2 Å². The molecule has 0 aliphatic carbocycles. The third kappa shape index (κ3) is 4.19. The van der Waals surface area contributed by atoms with E-state index in [4.69, 9.17) is 5.26 Å². The molecule has 1 aliphatic rings. The van der Waals surface area contributed by atoms with Crippen molar-refractivity contribution in [3.63, 3.8) is 0 Å². The van der Waals surface area contributed by atoms with Crippen LogP contribution in [0, 0.1) is 18.3 Å². The number of likely N-dealkylation sites (N-methyl/N-ethyl adjacent to an activating group) is 1. The van der Waals surface area contributed by atoms with Crippen molar-refractivity contribution < 1.29 is 0 Å². The summed E-state index contributed by atoms with van der Waals surface area (Å²) < 4.78 is 0. The predicted octanol–water partition coefficient (Wildman–Crippen LogP) is 0.921. The van der Waals surface area contributed by atoms with Gasteiger partial charge in [0.25, 0.3) is 0 Å². The lowest BCUT2D eigenvalue weighted by molar-refractivity contribution is 0.158. The molecule has 1 fully saturated rings. The maximum absolute atomic E-state index is 8.92. The van der Waals surface area contributed by atoms with Crippen LogP contribution in [0.2, 0.25) is 0 Å². The molecule has 2 rings (SSSR count). The van der Waals surface area contributed by atoms with Gasteiger partial charge in [0.2, 0.25) is 0 Å². The predicted molar refractivity (Wildman–Crippen MR) is 76.1 cm³/mol. The van der Waals surface area contributed by atoms with Crippen LogP contribution in [-0.4, -0.2) is 61.1 Å². The van der Waals surface area contributed by atoms with Crippen molar-refractivity contribution in [1.82, 2.24) is 14.8 Å². The first-order valence-electron chi connectivity index (χ1n) is 6.71. The van der Waals surface area contributed by atoms with Crippen LogP contribution in [-0.2, 0) is 0 Å². The lowest BCUT2D eigenvalue weighted by atomic mass is 10.2. The minimum Gasteiger partial charge on any atom is -0.369 e. The fourth-order valence-corrected chi connectivity index (χ4v) is 2.24. The number of piperazine rings is 1. The van der Waals surface area contributed by atoms with Gasteiger partial charge in [0, 0.05) is 45.0 Å². The van der Waals surface area contributed by atoms with Crippen LogP contribution in [0.5, 0.6) is 0 Å². The van der Waals surface area contributed by atoms with E-state index in [1.807, 2.05) is 6.92 Å². The highest BCUT2D eigenvalue weighted by Crippen LogP contribution is 2.09. The summed E-state index contributed by atoms with van der Waals surface area (Å²) >= 11 is 0. The van der Waals surface area contributed by atoms with Crippen LogP contribution >= 0.6 is 0 Å². The van der Waals surface area contributed by atoms with Crippen molar-refractivity contribution in [3.8, 4) is 6.07 Å². The smallest absolute Gasteiger partial charge is 0.127 e. The molecule has 1 aromatic rings. The molecule has 2 heterocycles. The van der Waals surface area contributed by atoms with Crippen molar-refractivity contribution in [1.29, 1.82) is 5.26 Å². The summed E-state index contributed by atoms with van der Waals surface area (Å²) in [6, 6.07) is 5.76. The monoisotopic (exact) mass is 259 g/mol. The molecule has 1 N–H and O–H groups in total. The molecular weight excluding hydrogens is 238 g/mol. The number of nitrogens with one attached hydrogen (secondary N) is 1. The number of nitrogens with zero attached hydrogens (tertiary/aromatic N) is 4. The Kier molecular flexibility index (Phi) is 4.72. The zero-order valence-electron chi connectivity index (χ0n) is 11.7. The molecule has 0 bridgehead atoms. The highest BCUT2D eigenvalue weighted by atomic mass is 15.2. The van der Waals surface area contributed by atoms with Crippen LogP contribution in [0.15, 0.2) is 12.1 Å². The average Bonchev–Trinajstić information content (AvgIpc) is 2.40. The SMILES string of the molecule is Cc1cc(C#N)cc(NCCN2CCN(C)CC2)n1. The molecule has 19 heavy (non-hydrogen) atoms. The van der Waals surface area contributed by atoms with Crippen molar-refractivity contribution in [2.24, 2.45) is 0 Å². The Morgan fingerprint density at radius 3 is 2.74 bits per heavy atom. The number of pyridine rings is 1. The van der Waals surface area contributed by atoms with Gasteiger partial charge in [0.05, 0.1) is 11.6 Å². The number of aromatic nitrogens is 1. The molecule has 1 aliphatic heterocycles. The summed E-state index contributed by atoms with van der Waals surface area (Å²) in [6.45, 7) is 8.33. The van der Waals surface area contributed by atoms with E-state index in [0.717, 1.165) is 50.8 Å². The first-order chi connectivity index (χ1) is 9.17. The van der Waals surface area contributed by atoms with Crippen molar-refractivity contribution in [3.05, 3.63) is 23.4 Å². The Labute approximate surface area is 114 Å². The van der Waals surface area contributed by atoms with Gasteiger partial charge < -0.3 is 10.2 Å². The summed E-state index contributed by atoms with van der Waals surface area (Å²) in [5, 5.41) is 12.2. The quantitative estimate of drug-likeness (QED) is 0.871. The van der Waals surface area contributed by atoms with Crippen molar-refractivity contribution in [2.75, 3.05) is 51.6 Å². The average molecular weight is 259 g/mol. The fourth-order valence-electron chi connectivity index (χ4n) is 2.24. The number of rotatable bonds is 4. The normalized spacial score (nSPS) is 17.1. The largest absolute Gasteiger partial charge is 0.369 e. The maximum atomic E-state index is 8.92. The Balaban J connectivity index is 1.79. The van der Waals surface area contributed by atoms with E-state index in [2.05, 4.69) is 33.2 Å². The van der Waals surface area contributed by atoms with E-state index in [9.17, 15) is 0 Å². The lowest BCUT2D eigenvalue weighted by Gasteiger charge is -2.32. The Morgan fingerprint density at radius 1 is 1.32 bits per heavy atom. The number of aryl methyl sites for hydroxylation is 1. The first-order valence-corrected chi connectivity index (χ1v) is 6.71. The zero-order valence-corrected chi connectivity index (χ0v) is 11.7. The molecular formula is C14H21N5. The summed E-state index contributed by atoms with van der Waals surface area (Å²) in [6.07, 6.45) is 0. The summed E-state index contributed by atoms with van der Waals surface area (Å²) in [4.78, 5) is 9.19. The van der Waals surface area contributed by atoms with E-state index < -0.39 is 0 Å². The zero-order chi connectivity index (χ0) is 13.7. The molecule has 0 atom stereocenters. The van der Waals surface area contributed by atoms with Gasteiger partial charge in [-0.3, -0.25) is 4.90 Å². The molecule has 1 saturated heterocycles. The van der Waals surface area contributed by atoms with Crippen LogP contribution in [0.1, 0.15) is 11.3 Å². The number of nitriles is 1. The minimum atomic E-state index is 0.662. The van der Waals surface area contributed by atoms with Crippen LogP contribution in [0.25, 0.3) is 0 Å². The molecule has 102 valence electrons. The third-order valence-corrected chi connectivity index (χ3v) is 3.41. The summed E-state index contributed by atoms with van der Waals surface area (Å²) in [5.74, 6) is 0.797. The van der Waals surface area contributed by atoms with E-state index in [1.54, 1.807) is 12.1 Å². The minimum absolute atomic E-state index is 0.662. The van der Waals surface area contributed by atoms with E-state index in [-0.39, 0.29) is 0 Å². The van der Waals surface area contributed by atoms with Gasteiger partial charge in [-0.25, -0.2) is 4.98 Å². The number of anilines is 1. The second-order valence-corrected chi connectivity index (χ2v) is 5.07. The lowest BCUT2D eigenvalue weighted by Crippen LogP contribution is -2.45. The van der Waals surface area contributed by atoms with Gasteiger partial charge in [-0.05, 0) is 26.1 Å². The molecule has 0 aromatic carbocycles. The van der Waals surface area contributed by atoms with Gasteiger partial charge in [-0.15, -0.1) is 0 Å². The molecule has 5 heteroatoms. The summed E-state index contributed by atoms with van der Waals surface area (Å²) in [7, 11) is 2.16. The summed E-state index contributed by atoms with van der Waals surface area (Å²) in [5.41, 5.74) is 1.54. The molecule has 1 aromatic heterocycles. The van der Waals surface area contributed by atoms with Gasteiger partial charge in [-0.1, -0.05) is 0 Å². The second kappa shape index (κ2) is 6.50. The Bertz CT molecular complexity index is 457. The number of hydrogen-bond acceptors (Lipinski definition) is 5. The molecule has 0 saturated carbocycles. The second-order valence-electron chi connectivity index (χ2n) is 5.07. The van der Waals surface area contributed by atoms with E-state index >= 15 is 0 Å². The Hall–Kier alpha value is -1.64. The molecule has 5 nitrogen and oxygen atoms in total. The fraction of sp³-hybridized carbons (Fsp3) is 0.571. The van der Waals surface area contributed by atoms with Crippen LogP contribution in [0.4, 0.5) is 5.82 Å². The van der Waals surface area contributed by atoms with Crippen molar-refractivity contribution in [2.45, 2.75) is 6.92 Å². The van der Waals surface area contributed by atoms with Gasteiger partial charge in [-0.2, -0.15) is 5.26 Å². The van der Waals surface area contributed by atoms with Crippen LogP contribution in [0.3, 0.4) is 0 Å². The third-order valence-electron chi connectivity index (χ3n) is 3.41. The highest BCUT2D eigenvalue weighted by Gasteiger charge is 2.12. The maximum Gasteiger partial charge on any atom is 0.127 e. The molecule has 0 unspecified atom stereocenters. The van der Waals surface area contributed by atoms with Gasteiger partial charge in [0.1, 0.15) is 5.82 Å². The van der Waals surface area contributed by atoms with E-state index in [1.165, 1.54) is 0 Å². The van der Waals surface area contributed by atoms with Gasteiger partial charge in [0.15, 0.2) is 0 Å². The molecule has 0 spiro atoms. The van der Waals surface area contributed by atoms with E-state index in [0.29, 0.717) is 5.56 Å². The molecule has 0 amide bonds. The van der Waals surface area contributed by atoms with Gasteiger partial charge >= 0.3 is 0 Å². The highest BCUT2D eigenvalue weighted by molar-refractivity contribution is 5.44. The first kappa shape index (κ1) is 13.8.